The lowest BCUT2D eigenvalue weighted by molar-refractivity contribution is 0.0749. The minimum atomic E-state index is -2.38. The zero-order chi connectivity index (χ0) is 15.2. The standard InChI is InChI=1S/C11H17NO4/c13-4-6-15-8-10-2-1-3-11(12-10)9-16-7-5-14/h1-3,13-14H,4-9H2/i4D2,5D2. The number of ether oxygens (including phenoxy) is 2. The molecule has 0 fully saturated rings. The van der Waals surface area contributed by atoms with Gasteiger partial charge in [0.2, 0.25) is 0 Å². The zero-order valence-corrected chi connectivity index (χ0v) is 8.72. The van der Waals surface area contributed by atoms with Gasteiger partial charge in [-0.15, -0.1) is 0 Å². The second-order valence-corrected chi connectivity index (χ2v) is 2.92. The van der Waals surface area contributed by atoms with Crippen LogP contribution in [0.4, 0.5) is 0 Å². The summed E-state index contributed by atoms with van der Waals surface area (Å²) < 4.78 is 37.5. The molecule has 0 aromatic carbocycles. The fraction of sp³-hybridized carbons (Fsp3) is 0.545. The second kappa shape index (κ2) is 8.18. The molecule has 0 aliphatic carbocycles. The van der Waals surface area contributed by atoms with Gasteiger partial charge in [-0.2, -0.15) is 0 Å². The molecule has 0 atom stereocenters. The van der Waals surface area contributed by atoms with Crippen LogP contribution in [0.5, 0.6) is 0 Å². The Morgan fingerprint density at radius 3 is 2.00 bits per heavy atom. The van der Waals surface area contributed by atoms with Crippen LogP contribution in [0, 0.1) is 0 Å². The van der Waals surface area contributed by atoms with Gasteiger partial charge in [-0.25, -0.2) is 0 Å². The molecule has 16 heavy (non-hydrogen) atoms. The van der Waals surface area contributed by atoms with Crippen molar-refractivity contribution in [3.05, 3.63) is 29.6 Å². The van der Waals surface area contributed by atoms with Gasteiger partial charge in [0.15, 0.2) is 0 Å². The number of aliphatic hydroxyl groups is 2. The Morgan fingerprint density at radius 2 is 1.56 bits per heavy atom. The van der Waals surface area contributed by atoms with Crippen LogP contribution in [-0.2, 0) is 22.7 Å². The predicted octanol–water partition coefficient (Wildman–Crippen LogP) is 0.0994. The van der Waals surface area contributed by atoms with Crippen LogP contribution >= 0.6 is 0 Å². The third kappa shape index (κ3) is 5.18. The summed E-state index contributed by atoms with van der Waals surface area (Å²) in [6.07, 6.45) is 0. The second-order valence-electron chi connectivity index (χ2n) is 2.92. The van der Waals surface area contributed by atoms with Crippen LogP contribution in [0.2, 0.25) is 0 Å². The molecule has 5 nitrogen and oxygen atoms in total. The Bertz CT molecular complexity index is 384. The maximum Gasteiger partial charge on any atom is 0.0889 e. The molecule has 0 amide bonds. The van der Waals surface area contributed by atoms with E-state index in [1.54, 1.807) is 18.2 Å². The van der Waals surface area contributed by atoms with Crippen molar-refractivity contribution >= 4 is 0 Å². The molecule has 0 radical (unpaired) electrons. The average Bonchev–Trinajstić information content (AvgIpc) is 2.26. The Hall–Kier alpha value is -1.01. The van der Waals surface area contributed by atoms with Gasteiger partial charge in [0.1, 0.15) is 0 Å². The van der Waals surface area contributed by atoms with Crippen LogP contribution in [0.25, 0.3) is 0 Å². The summed E-state index contributed by atoms with van der Waals surface area (Å²) in [5, 5.41) is 17.7. The number of hydrogen-bond acceptors (Lipinski definition) is 5. The highest BCUT2D eigenvalue weighted by atomic mass is 16.5. The highest BCUT2D eigenvalue weighted by Crippen LogP contribution is 2.02. The lowest BCUT2D eigenvalue weighted by atomic mass is 10.3. The van der Waals surface area contributed by atoms with Crippen LogP contribution in [0.15, 0.2) is 18.2 Å². The molecule has 1 rings (SSSR count). The molecule has 0 aliphatic rings. The maximum absolute atomic E-state index is 8.85. The third-order valence-electron chi connectivity index (χ3n) is 1.70. The smallest absolute Gasteiger partial charge is 0.0889 e. The minimum Gasteiger partial charge on any atom is -0.394 e. The van der Waals surface area contributed by atoms with E-state index in [-0.39, 0.29) is 13.2 Å². The molecule has 0 saturated heterocycles. The van der Waals surface area contributed by atoms with Crippen molar-refractivity contribution in [1.29, 1.82) is 0 Å². The molecule has 0 unspecified atom stereocenters. The van der Waals surface area contributed by atoms with E-state index in [1.807, 2.05) is 0 Å². The molecular weight excluding hydrogens is 210 g/mol. The van der Waals surface area contributed by atoms with Crippen LogP contribution < -0.4 is 0 Å². The van der Waals surface area contributed by atoms with E-state index in [2.05, 4.69) is 4.98 Å². The normalized spacial score (nSPS) is 16.1. The lowest BCUT2D eigenvalue weighted by Crippen LogP contribution is -2.04. The number of rotatable bonds is 8. The fourth-order valence-corrected chi connectivity index (χ4v) is 1.09. The van der Waals surface area contributed by atoms with E-state index in [0.29, 0.717) is 11.4 Å². The van der Waals surface area contributed by atoms with E-state index in [9.17, 15) is 0 Å². The van der Waals surface area contributed by atoms with Crippen molar-refractivity contribution in [2.45, 2.75) is 13.2 Å². The van der Waals surface area contributed by atoms with Crippen molar-refractivity contribution in [1.82, 2.24) is 4.98 Å². The SMILES string of the molecule is [2H]C([2H])(O)COCc1cccc(COCC([2H])([2H])O)n1. The molecule has 0 spiro atoms. The number of pyridine rings is 1. The van der Waals surface area contributed by atoms with E-state index in [4.69, 9.17) is 25.2 Å². The van der Waals surface area contributed by atoms with Gasteiger partial charge < -0.3 is 19.7 Å². The summed E-state index contributed by atoms with van der Waals surface area (Å²) in [4.78, 5) is 4.15. The Kier molecular flexibility index (Phi) is 4.16. The first kappa shape index (κ1) is 8.14. The molecule has 5 heteroatoms. The molecule has 2 N–H and O–H groups in total. The third-order valence-corrected chi connectivity index (χ3v) is 1.70. The summed E-state index contributed by atoms with van der Waals surface area (Å²) >= 11 is 0. The maximum atomic E-state index is 8.85. The average molecular weight is 231 g/mol. The first-order chi connectivity index (χ1) is 9.16. The van der Waals surface area contributed by atoms with Crippen molar-refractivity contribution in [3.63, 3.8) is 0 Å². The fourth-order valence-electron chi connectivity index (χ4n) is 1.09. The zero-order valence-electron chi connectivity index (χ0n) is 12.7. The first-order valence-electron chi connectivity index (χ1n) is 6.71. The van der Waals surface area contributed by atoms with Crippen LogP contribution in [0.3, 0.4) is 0 Å². The van der Waals surface area contributed by atoms with Gasteiger partial charge in [-0.3, -0.25) is 4.98 Å². The summed E-state index contributed by atoms with van der Waals surface area (Å²) in [5.74, 6) is 0. The topological polar surface area (TPSA) is 71.8 Å². The molecule has 1 heterocycles. The first-order valence-corrected chi connectivity index (χ1v) is 4.71. The van der Waals surface area contributed by atoms with Gasteiger partial charge in [0.05, 0.1) is 56.4 Å². The van der Waals surface area contributed by atoms with Crippen LogP contribution in [-0.4, -0.2) is 41.5 Å². The molecule has 1 aromatic rings. The van der Waals surface area contributed by atoms with E-state index in [1.165, 1.54) is 0 Å². The number of hydrogen-bond donors (Lipinski definition) is 2. The van der Waals surface area contributed by atoms with Gasteiger partial charge >= 0.3 is 0 Å². The number of nitrogens with zero attached hydrogens (tertiary/aromatic N) is 1. The Balaban J connectivity index is 2.41. The van der Waals surface area contributed by atoms with E-state index >= 15 is 0 Å². The summed E-state index contributed by atoms with van der Waals surface area (Å²) in [6.45, 7) is -5.61. The molecule has 0 bridgehead atoms. The highest BCUT2D eigenvalue weighted by molar-refractivity contribution is 5.09. The highest BCUT2D eigenvalue weighted by Gasteiger charge is 1.98. The van der Waals surface area contributed by atoms with Gasteiger partial charge in [0, 0.05) is 0 Å². The molecule has 0 aliphatic heterocycles. The van der Waals surface area contributed by atoms with Gasteiger partial charge in [-0.1, -0.05) is 6.07 Å². The van der Waals surface area contributed by atoms with Gasteiger partial charge in [-0.05, 0) is 12.1 Å². The van der Waals surface area contributed by atoms with Crippen molar-refractivity contribution in [2.24, 2.45) is 0 Å². The van der Waals surface area contributed by atoms with Crippen molar-refractivity contribution in [2.75, 3.05) is 26.3 Å². The molecular formula is C11H17NO4. The van der Waals surface area contributed by atoms with E-state index in [0.717, 1.165) is 0 Å². The van der Waals surface area contributed by atoms with Crippen LogP contribution in [0.1, 0.15) is 16.9 Å². The Labute approximate surface area is 100 Å². The Morgan fingerprint density at radius 1 is 1.06 bits per heavy atom. The quantitative estimate of drug-likeness (QED) is 0.664. The molecule has 1 aromatic heterocycles. The predicted molar refractivity (Wildman–Crippen MR) is 57.7 cm³/mol. The monoisotopic (exact) mass is 231 g/mol. The summed E-state index contributed by atoms with van der Waals surface area (Å²) in [7, 11) is 0. The molecule has 90 valence electrons. The summed E-state index contributed by atoms with van der Waals surface area (Å²) in [6, 6.07) is 5.04. The van der Waals surface area contributed by atoms with Crippen molar-refractivity contribution < 1.29 is 25.2 Å². The minimum absolute atomic E-state index is 0.0364. The number of aromatic nitrogens is 1. The van der Waals surface area contributed by atoms with Crippen molar-refractivity contribution in [3.8, 4) is 0 Å². The largest absolute Gasteiger partial charge is 0.394 e. The summed E-state index contributed by atoms with van der Waals surface area (Å²) in [5.41, 5.74) is 1.06. The van der Waals surface area contributed by atoms with E-state index < -0.39 is 26.3 Å². The van der Waals surface area contributed by atoms with Gasteiger partial charge in [0.25, 0.3) is 0 Å². The lowest BCUT2D eigenvalue weighted by Gasteiger charge is -2.05. The molecule has 0 saturated carbocycles.